The molecule has 2 aromatic heterocycles. The van der Waals surface area contributed by atoms with Crippen molar-refractivity contribution in [2.24, 2.45) is 5.73 Å². The minimum Gasteiger partial charge on any atom is -0.379 e. The Morgan fingerprint density at radius 2 is 2.38 bits per heavy atom. The molecular formula is C8H10N6O2. The highest BCUT2D eigenvalue weighted by molar-refractivity contribution is 5.39. The summed E-state index contributed by atoms with van der Waals surface area (Å²) < 4.78 is 10.4. The van der Waals surface area contributed by atoms with E-state index in [1.165, 1.54) is 6.33 Å². The van der Waals surface area contributed by atoms with Gasteiger partial charge in [0.05, 0.1) is 19.1 Å². The third kappa shape index (κ3) is 1.48. The lowest BCUT2D eigenvalue weighted by Crippen LogP contribution is -2.26. The molecule has 1 saturated heterocycles. The first-order valence-electron chi connectivity index (χ1n) is 4.87. The normalized spacial score (nSPS) is 25.1. The van der Waals surface area contributed by atoms with E-state index in [-0.39, 0.29) is 12.0 Å². The van der Waals surface area contributed by atoms with Crippen LogP contribution in [-0.4, -0.2) is 44.6 Å². The zero-order chi connectivity index (χ0) is 11.0. The van der Waals surface area contributed by atoms with Gasteiger partial charge in [-0.15, -0.1) is 0 Å². The van der Waals surface area contributed by atoms with Gasteiger partial charge in [0, 0.05) is 6.04 Å². The Kier molecular flexibility index (Phi) is 2.15. The van der Waals surface area contributed by atoms with Gasteiger partial charge in [0.2, 0.25) is 11.7 Å². The fourth-order valence-corrected chi connectivity index (χ4v) is 1.62. The van der Waals surface area contributed by atoms with Gasteiger partial charge in [0.15, 0.2) is 5.82 Å². The molecule has 2 aromatic rings. The van der Waals surface area contributed by atoms with Gasteiger partial charge in [-0.1, -0.05) is 5.16 Å². The van der Waals surface area contributed by atoms with Crippen LogP contribution in [0.15, 0.2) is 10.9 Å². The molecule has 0 saturated carbocycles. The Balaban J connectivity index is 1.88. The van der Waals surface area contributed by atoms with Gasteiger partial charge in [0.25, 0.3) is 0 Å². The predicted octanol–water partition coefficient (Wildman–Crippen LogP) is -0.704. The zero-order valence-corrected chi connectivity index (χ0v) is 8.33. The summed E-state index contributed by atoms with van der Waals surface area (Å²) in [6, 6.07) is -0.0944. The number of nitrogens with one attached hydrogen (secondary N) is 1. The minimum absolute atomic E-state index is 0.0378. The van der Waals surface area contributed by atoms with Crippen molar-refractivity contribution >= 4 is 0 Å². The van der Waals surface area contributed by atoms with Crippen LogP contribution in [0.2, 0.25) is 0 Å². The number of hydrogen-bond donors (Lipinski definition) is 2. The number of hydrogen-bond acceptors (Lipinski definition) is 7. The molecule has 0 radical (unpaired) electrons. The van der Waals surface area contributed by atoms with E-state index in [1.54, 1.807) is 0 Å². The van der Waals surface area contributed by atoms with Crippen molar-refractivity contribution in [1.82, 2.24) is 25.3 Å². The molecule has 1 fully saturated rings. The molecule has 1 aliphatic heterocycles. The van der Waals surface area contributed by atoms with E-state index in [4.69, 9.17) is 15.0 Å². The fourth-order valence-electron chi connectivity index (χ4n) is 1.62. The van der Waals surface area contributed by atoms with E-state index in [2.05, 4.69) is 25.3 Å². The van der Waals surface area contributed by atoms with E-state index < -0.39 is 0 Å². The van der Waals surface area contributed by atoms with Crippen molar-refractivity contribution in [2.45, 2.75) is 12.0 Å². The maximum atomic E-state index is 5.85. The minimum atomic E-state index is -0.0944. The van der Waals surface area contributed by atoms with Gasteiger partial charge >= 0.3 is 0 Å². The summed E-state index contributed by atoms with van der Waals surface area (Å²) in [4.78, 5) is 8.14. The van der Waals surface area contributed by atoms with Crippen molar-refractivity contribution in [3.8, 4) is 11.6 Å². The van der Waals surface area contributed by atoms with Crippen LogP contribution in [-0.2, 0) is 4.74 Å². The van der Waals surface area contributed by atoms with Crippen molar-refractivity contribution in [3.05, 3.63) is 12.2 Å². The Morgan fingerprint density at radius 3 is 3.06 bits per heavy atom. The van der Waals surface area contributed by atoms with Crippen LogP contribution in [0.3, 0.4) is 0 Å². The van der Waals surface area contributed by atoms with Crippen LogP contribution in [0.5, 0.6) is 0 Å². The molecule has 8 heteroatoms. The summed E-state index contributed by atoms with van der Waals surface area (Å²) in [5, 5.41) is 10.2. The summed E-state index contributed by atoms with van der Waals surface area (Å²) in [5.41, 5.74) is 5.85. The third-order valence-corrected chi connectivity index (χ3v) is 2.51. The molecule has 8 nitrogen and oxygen atoms in total. The van der Waals surface area contributed by atoms with E-state index >= 15 is 0 Å². The molecule has 0 spiro atoms. The molecule has 0 aliphatic carbocycles. The number of H-pyrrole nitrogens is 1. The molecule has 0 bridgehead atoms. The molecule has 3 heterocycles. The first kappa shape index (κ1) is 9.43. The van der Waals surface area contributed by atoms with Gasteiger partial charge < -0.3 is 15.0 Å². The molecule has 0 amide bonds. The first-order chi connectivity index (χ1) is 7.84. The smallest absolute Gasteiger partial charge is 0.239 e. The third-order valence-electron chi connectivity index (χ3n) is 2.51. The number of nitrogens with zero attached hydrogens (tertiary/aromatic N) is 4. The van der Waals surface area contributed by atoms with E-state index in [9.17, 15) is 0 Å². The number of ether oxygens (including phenoxy) is 1. The molecule has 84 valence electrons. The van der Waals surface area contributed by atoms with Crippen molar-refractivity contribution in [3.63, 3.8) is 0 Å². The SMILES string of the molecule is NC1COCC1c1nc(-c2ncn[nH]2)no1. The molecule has 3 N–H and O–H groups in total. The summed E-state index contributed by atoms with van der Waals surface area (Å²) in [7, 11) is 0. The maximum Gasteiger partial charge on any atom is 0.239 e. The van der Waals surface area contributed by atoms with Crippen LogP contribution in [0.4, 0.5) is 0 Å². The largest absolute Gasteiger partial charge is 0.379 e. The topological polar surface area (TPSA) is 116 Å². The van der Waals surface area contributed by atoms with Crippen molar-refractivity contribution in [1.29, 1.82) is 0 Å². The van der Waals surface area contributed by atoms with E-state index in [1.807, 2.05) is 0 Å². The quantitative estimate of drug-likeness (QED) is 0.689. The molecule has 3 rings (SSSR count). The van der Waals surface area contributed by atoms with Crippen molar-refractivity contribution in [2.75, 3.05) is 13.2 Å². The highest BCUT2D eigenvalue weighted by Gasteiger charge is 2.31. The van der Waals surface area contributed by atoms with Crippen LogP contribution in [0.25, 0.3) is 11.6 Å². The Bertz CT molecular complexity index is 467. The van der Waals surface area contributed by atoms with Crippen LogP contribution in [0.1, 0.15) is 11.8 Å². The fraction of sp³-hybridized carbons (Fsp3) is 0.500. The first-order valence-corrected chi connectivity index (χ1v) is 4.87. The average molecular weight is 222 g/mol. The maximum absolute atomic E-state index is 5.85. The lowest BCUT2D eigenvalue weighted by Gasteiger charge is -2.05. The lowest BCUT2D eigenvalue weighted by molar-refractivity contribution is 0.187. The lowest BCUT2D eigenvalue weighted by atomic mass is 10.1. The predicted molar refractivity (Wildman–Crippen MR) is 51.2 cm³/mol. The summed E-state index contributed by atoms with van der Waals surface area (Å²) in [5.74, 6) is 1.30. The average Bonchev–Trinajstić information content (AvgIpc) is 2.96. The van der Waals surface area contributed by atoms with E-state index in [0.717, 1.165) is 0 Å². The van der Waals surface area contributed by atoms with Crippen LogP contribution in [0, 0.1) is 0 Å². The molecule has 1 aliphatic rings. The second-order valence-electron chi connectivity index (χ2n) is 3.60. The van der Waals surface area contributed by atoms with Gasteiger partial charge in [-0.25, -0.2) is 4.98 Å². The second-order valence-corrected chi connectivity index (χ2v) is 3.60. The van der Waals surface area contributed by atoms with Gasteiger partial charge in [-0.05, 0) is 0 Å². The molecule has 2 unspecified atom stereocenters. The number of rotatable bonds is 2. The molecular weight excluding hydrogens is 212 g/mol. The number of aromatic amines is 1. The van der Waals surface area contributed by atoms with Crippen LogP contribution < -0.4 is 5.73 Å². The van der Waals surface area contributed by atoms with Gasteiger partial charge in [0.1, 0.15) is 6.33 Å². The second kappa shape index (κ2) is 3.65. The van der Waals surface area contributed by atoms with E-state index in [0.29, 0.717) is 30.8 Å². The highest BCUT2D eigenvalue weighted by Crippen LogP contribution is 2.24. The number of aromatic nitrogens is 5. The summed E-state index contributed by atoms with van der Waals surface area (Å²) in [6.45, 7) is 1.03. The van der Waals surface area contributed by atoms with Crippen LogP contribution >= 0.6 is 0 Å². The Hall–Kier alpha value is -1.80. The Morgan fingerprint density at radius 1 is 1.44 bits per heavy atom. The van der Waals surface area contributed by atoms with Gasteiger partial charge in [-0.3, -0.25) is 5.10 Å². The highest BCUT2D eigenvalue weighted by atomic mass is 16.5. The molecule has 0 aromatic carbocycles. The molecule has 2 atom stereocenters. The number of nitrogens with two attached hydrogens (primary N) is 1. The standard InChI is InChI=1S/C8H10N6O2/c9-5-2-15-1-4(5)8-12-7(14-16-8)6-10-3-11-13-6/h3-5H,1-2,9H2,(H,10,11,13). The zero-order valence-electron chi connectivity index (χ0n) is 8.33. The Labute approximate surface area is 90.2 Å². The van der Waals surface area contributed by atoms with Gasteiger partial charge in [-0.2, -0.15) is 10.1 Å². The van der Waals surface area contributed by atoms with Crippen molar-refractivity contribution < 1.29 is 9.26 Å². The summed E-state index contributed by atoms with van der Waals surface area (Å²) >= 11 is 0. The monoisotopic (exact) mass is 222 g/mol. The molecule has 16 heavy (non-hydrogen) atoms. The summed E-state index contributed by atoms with van der Waals surface area (Å²) in [6.07, 6.45) is 1.38.